The maximum Gasteiger partial charge on any atom is 0.336 e. The zero-order valence-electron chi connectivity index (χ0n) is 5.94. The number of rotatable bonds is 1. The van der Waals surface area contributed by atoms with E-state index in [-0.39, 0.29) is 5.88 Å². The molecule has 1 aromatic rings. The summed E-state index contributed by atoms with van der Waals surface area (Å²) in [6.45, 7) is 1.71. The molecule has 0 saturated carbocycles. The Morgan fingerprint density at radius 2 is 2.45 bits per heavy atom. The summed E-state index contributed by atoms with van der Waals surface area (Å²) in [4.78, 5) is 10.4. The minimum atomic E-state index is -0.791. The number of hydrogen-bond donors (Lipinski definition) is 2. The lowest BCUT2D eigenvalue weighted by molar-refractivity contribution is 0.252. The van der Waals surface area contributed by atoms with Crippen LogP contribution in [0.3, 0.4) is 0 Å². The van der Waals surface area contributed by atoms with Gasteiger partial charge in [-0.1, -0.05) is 5.16 Å². The Hall–Kier alpha value is -1.56. The molecule has 1 aromatic heterocycles. The van der Waals surface area contributed by atoms with Crippen molar-refractivity contribution in [3.05, 3.63) is 11.8 Å². The first kappa shape index (κ1) is 7.55. The number of aromatic nitrogens is 1. The van der Waals surface area contributed by atoms with Crippen molar-refractivity contribution in [3.63, 3.8) is 0 Å². The van der Waals surface area contributed by atoms with Gasteiger partial charge in [-0.15, -0.1) is 0 Å². The van der Waals surface area contributed by atoms with E-state index in [9.17, 15) is 4.79 Å². The number of hydrazine groups is 1. The van der Waals surface area contributed by atoms with E-state index < -0.39 is 6.03 Å². The van der Waals surface area contributed by atoms with E-state index in [4.69, 9.17) is 11.6 Å². The smallest absolute Gasteiger partial charge is 0.336 e. The maximum absolute atomic E-state index is 10.4. The molecule has 0 saturated heterocycles. The molecule has 0 unspecified atom stereocenters. The van der Waals surface area contributed by atoms with Crippen LogP contribution in [0.5, 0.6) is 0 Å². The van der Waals surface area contributed by atoms with Crippen molar-refractivity contribution in [2.45, 2.75) is 6.92 Å². The van der Waals surface area contributed by atoms with Gasteiger partial charge in [-0.25, -0.2) is 10.6 Å². The van der Waals surface area contributed by atoms with Crippen LogP contribution in [0, 0.1) is 6.92 Å². The number of hydrogen-bond acceptors (Lipinski definition) is 4. The first-order chi connectivity index (χ1) is 5.11. The van der Waals surface area contributed by atoms with Crippen molar-refractivity contribution in [2.75, 3.05) is 5.01 Å². The Kier molecular flexibility index (Phi) is 1.77. The third-order valence-corrected chi connectivity index (χ3v) is 1.09. The standard InChI is InChI=1S/C5H8N4O2/c1-3-2-4(11-8-3)9(7)5(6)10/h2H,7H2,1H3,(H2,6,10). The van der Waals surface area contributed by atoms with Crippen LogP contribution in [0.15, 0.2) is 10.6 Å². The second-order valence-corrected chi connectivity index (χ2v) is 2.01. The SMILES string of the molecule is Cc1cc(N(N)C(N)=O)on1. The quantitative estimate of drug-likeness (QED) is 0.332. The highest BCUT2D eigenvalue weighted by molar-refractivity contribution is 5.87. The van der Waals surface area contributed by atoms with Crippen LogP contribution in [0.4, 0.5) is 10.7 Å². The van der Waals surface area contributed by atoms with Crippen molar-refractivity contribution in [2.24, 2.45) is 11.6 Å². The van der Waals surface area contributed by atoms with Gasteiger partial charge in [0.05, 0.1) is 5.69 Å². The molecule has 0 aliphatic carbocycles. The molecular weight excluding hydrogens is 148 g/mol. The molecule has 0 aliphatic heterocycles. The predicted molar refractivity (Wildman–Crippen MR) is 37.5 cm³/mol. The predicted octanol–water partition coefficient (Wildman–Crippen LogP) is -0.258. The summed E-state index contributed by atoms with van der Waals surface area (Å²) in [6, 6.07) is 0.714. The third-order valence-electron chi connectivity index (χ3n) is 1.09. The normalized spacial score (nSPS) is 9.64. The molecule has 0 fully saturated rings. The highest BCUT2D eigenvalue weighted by Gasteiger charge is 2.11. The fourth-order valence-corrected chi connectivity index (χ4v) is 0.572. The number of aryl methyl sites for hydroxylation is 1. The molecule has 6 heteroatoms. The monoisotopic (exact) mass is 156 g/mol. The molecule has 60 valence electrons. The molecule has 2 amide bonds. The molecule has 0 bridgehead atoms. The van der Waals surface area contributed by atoms with Crippen LogP contribution < -0.4 is 16.6 Å². The second-order valence-electron chi connectivity index (χ2n) is 2.01. The average molecular weight is 156 g/mol. The Labute approximate surface area is 62.7 Å². The van der Waals surface area contributed by atoms with Crippen LogP contribution in [0.25, 0.3) is 0 Å². The van der Waals surface area contributed by atoms with Crippen LogP contribution >= 0.6 is 0 Å². The van der Waals surface area contributed by atoms with Crippen molar-refractivity contribution >= 4 is 11.9 Å². The Balaban J connectivity index is 2.84. The van der Waals surface area contributed by atoms with Gasteiger partial charge in [0, 0.05) is 6.07 Å². The van der Waals surface area contributed by atoms with E-state index in [0.29, 0.717) is 10.7 Å². The van der Waals surface area contributed by atoms with Crippen LogP contribution in [0.2, 0.25) is 0 Å². The van der Waals surface area contributed by atoms with Gasteiger partial charge in [-0.3, -0.25) is 0 Å². The van der Waals surface area contributed by atoms with Gasteiger partial charge in [-0.05, 0) is 6.92 Å². The van der Waals surface area contributed by atoms with Crippen molar-refractivity contribution in [3.8, 4) is 0 Å². The fourth-order valence-electron chi connectivity index (χ4n) is 0.572. The van der Waals surface area contributed by atoms with Gasteiger partial charge in [-0.2, -0.15) is 5.01 Å². The number of amides is 2. The minimum absolute atomic E-state index is 0.134. The van der Waals surface area contributed by atoms with E-state index in [0.717, 1.165) is 0 Å². The van der Waals surface area contributed by atoms with Crippen molar-refractivity contribution < 1.29 is 9.32 Å². The number of carbonyl (C=O) groups is 1. The van der Waals surface area contributed by atoms with E-state index >= 15 is 0 Å². The van der Waals surface area contributed by atoms with Gasteiger partial charge in [0.1, 0.15) is 0 Å². The maximum atomic E-state index is 10.4. The van der Waals surface area contributed by atoms with Gasteiger partial charge in [0.25, 0.3) is 0 Å². The lowest BCUT2D eigenvalue weighted by Gasteiger charge is -2.06. The number of primary amides is 1. The molecule has 6 nitrogen and oxygen atoms in total. The summed E-state index contributed by atoms with van der Waals surface area (Å²) in [6.07, 6.45) is 0. The van der Waals surface area contributed by atoms with Crippen LogP contribution in [-0.4, -0.2) is 11.2 Å². The highest BCUT2D eigenvalue weighted by atomic mass is 16.5. The minimum Gasteiger partial charge on any atom is -0.350 e. The Morgan fingerprint density at radius 1 is 1.82 bits per heavy atom. The molecule has 1 rings (SSSR count). The van der Waals surface area contributed by atoms with E-state index in [1.165, 1.54) is 6.07 Å². The van der Waals surface area contributed by atoms with Gasteiger partial charge in [0.2, 0.25) is 5.88 Å². The summed E-state index contributed by atoms with van der Waals surface area (Å²) in [5, 5.41) is 4.20. The first-order valence-electron chi connectivity index (χ1n) is 2.89. The fraction of sp³-hybridized carbons (Fsp3) is 0.200. The van der Waals surface area contributed by atoms with Crippen LogP contribution in [-0.2, 0) is 0 Å². The number of urea groups is 1. The van der Waals surface area contributed by atoms with Gasteiger partial charge >= 0.3 is 6.03 Å². The first-order valence-corrected chi connectivity index (χ1v) is 2.89. The zero-order valence-corrected chi connectivity index (χ0v) is 5.94. The number of anilines is 1. The van der Waals surface area contributed by atoms with Gasteiger partial charge in [0.15, 0.2) is 0 Å². The summed E-state index contributed by atoms with van der Waals surface area (Å²) >= 11 is 0. The summed E-state index contributed by atoms with van der Waals surface area (Å²) in [7, 11) is 0. The van der Waals surface area contributed by atoms with Gasteiger partial charge < -0.3 is 10.3 Å². The van der Waals surface area contributed by atoms with E-state index in [1.54, 1.807) is 6.92 Å². The number of nitrogens with two attached hydrogens (primary N) is 2. The summed E-state index contributed by atoms with van der Waals surface area (Å²) in [5.74, 6) is 5.31. The largest absolute Gasteiger partial charge is 0.350 e. The molecule has 0 aromatic carbocycles. The van der Waals surface area contributed by atoms with Crippen molar-refractivity contribution in [1.82, 2.24) is 5.16 Å². The molecule has 1 heterocycles. The topological polar surface area (TPSA) is 98.4 Å². The average Bonchev–Trinajstić information content (AvgIpc) is 2.34. The molecule has 0 spiro atoms. The van der Waals surface area contributed by atoms with Crippen LogP contribution in [0.1, 0.15) is 5.69 Å². The third kappa shape index (κ3) is 1.47. The summed E-state index contributed by atoms with van der Waals surface area (Å²) in [5.41, 5.74) is 5.49. The number of nitrogens with zero attached hydrogens (tertiary/aromatic N) is 2. The zero-order chi connectivity index (χ0) is 8.43. The Bertz CT molecular complexity index is 269. The lowest BCUT2D eigenvalue weighted by Crippen LogP contribution is -2.41. The number of carbonyl (C=O) groups excluding carboxylic acids is 1. The molecule has 11 heavy (non-hydrogen) atoms. The molecule has 0 aliphatic rings. The molecule has 4 N–H and O–H groups in total. The lowest BCUT2D eigenvalue weighted by atomic mass is 10.5. The van der Waals surface area contributed by atoms with E-state index in [1.807, 2.05) is 0 Å². The summed E-state index contributed by atoms with van der Waals surface area (Å²) < 4.78 is 4.64. The molecule has 0 radical (unpaired) electrons. The Morgan fingerprint density at radius 3 is 2.82 bits per heavy atom. The van der Waals surface area contributed by atoms with E-state index in [2.05, 4.69) is 9.68 Å². The second kappa shape index (κ2) is 2.59. The molecular formula is C5H8N4O2. The van der Waals surface area contributed by atoms with Crippen molar-refractivity contribution in [1.29, 1.82) is 0 Å². The molecule has 0 atom stereocenters. The highest BCUT2D eigenvalue weighted by Crippen LogP contribution is 2.10.